The Bertz CT molecular complexity index is 536. The van der Waals surface area contributed by atoms with Gasteiger partial charge in [-0.1, -0.05) is 18.2 Å². The van der Waals surface area contributed by atoms with Crippen LogP contribution in [0.25, 0.3) is 0 Å². The molecule has 1 aliphatic heterocycles. The Labute approximate surface area is 145 Å². The van der Waals surface area contributed by atoms with Gasteiger partial charge in [-0.25, -0.2) is 0 Å². The fourth-order valence-electron chi connectivity index (χ4n) is 3.00. The van der Waals surface area contributed by atoms with Gasteiger partial charge in [-0.3, -0.25) is 9.89 Å². The summed E-state index contributed by atoms with van der Waals surface area (Å²) in [5, 5.41) is 6.76. The molecule has 0 radical (unpaired) electrons. The minimum Gasteiger partial charge on any atom is -0.496 e. The van der Waals surface area contributed by atoms with E-state index in [-0.39, 0.29) is 0 Å². The van der Waals surface area contributed by atoms with Crippen LogP contribution < -0.4 is 15.4 Å². The number of rotatable bonds is 6. The van der Waals surface area contributed by atoms with Crippen molar-refractivity contribution in [2.45, 2.75) is 32.5 Å². The molecule has 24 heavy (non-hydrogen) atoms. The molecular weight excluding hydrogens is 304 g/mol. The molecule has 0 spiro atoms. The SMILES string of the molecule is CN=C(NCc1ccccc1OC)NCC(C)N1CCOCC1C. The summed E-state index contributed by atoms with van der Waals surface area (Å²) >= 11 is 0. The van der Waals surface area contributed by atoms with E-state index in [1.807, 2.05) is 18.2 Å². The second kappa shape index (κ2) is 9.49. The van der Waals surface area contributed by atoms with Crippen LogP contribution in [0, 0.1) is 0 Å². The summed E-state index contributed by atoms with van der Waals surface area (Å²) < 4.78 is 10.9. The normalized spacial score (nSPS) is 20.5. The van der Waals surface area contributed by atoms with Crippen LogP contribution in [0.15, 0.2) is 29.3 Å². The Balaban J connectivity index is 1.82. The number of hydrogen-bond donors (Lipinski definition) is 2. The van der Waals surface area contributed by atoms with E-state index in [4.69, 9.17) is 9.47 Å². The Hall–Kier alpha value is -1.79. The monoisotopic (exact) mass is 334 g/mol. The highest BCUT2D eigenvalue weighted by Gasteiger charge is 2.23. The Kier molecular flexibility index (Phi) is 7.34. The number of nitrogens with one attached hydrogen (secondary N) is 2. The molecule has 1 saturated heterocycles. The average molecular weight is 334 g/mol. The number of guanidine groups is 1. The summed E-state index contributed by atoms with van der Waals surface area (Å²) in [7, 11) is 3.48. The van der Waals surface area contributed by atoms with Crippen molar-refractivity contribution < 1.29 is 9.47 Å². The topological polar surface area (TPSA) is 58.1 Å². The zero-order valence-electron chi connectivity index (χ0n) is 15.2. The van der Waals surface area contributed by atoms with Crippen molar-refractivity contribution in [2.24, 2.45) is 4.99 Å². The van der Waals surface area contributed by atoms with Crippen molar-refractivity contribution in [1.82, 2.24) is 15.5 Å². The predicted octanol–water partition coefficient (Wildman–Crippen LogP) is 1.47. The van der Waals surface area contributed by atoms with E-state index in [9.17, 15) is 0 Å². The summed E-state index contributed by atoms with van der Waals surface area (Å²) in [4.78, 5) is 6.78. The lowest BCUT2D eigenvalue weighted by Gasteiger charge is -2.38. The molecule has 6 nitrogen and oxygen atoms in total. The first-order valence-electron chi connectivity index (χ1n) is 8.55. The van der Waals surface area contributed by atoms with Crippen LogP contribution in [0.1, 0.15) is 19.4 Å². The second-order valence-electron chi connectivity index (χ2n) is 6.13. The van der Waals surface area contributed by atoms with Gasteiger partial charge in [-0.2, -0.15) is 0 Å². The average Bonchev–Trinajstić information content (AvgIpc) is 2.62. The number of methoxy groups -OCH3 is 1. The van der Waals surface area contributed by atoms with Crippen LogP contribution in [0.3, 0.4) is 0 Å². The summed E-state index contributed by atoms with van der Waals surface area (Å²) in [6.45, 7) is 8.58. The van der Waals surface area contributed by atoms with E-state index >= 15 is 0 Å². The molecule has 1 fully saturated rings. The van der Waals surface area contributed by atoms with Gasteiger partial charge in [-0.15, -0.1) is 0 Å². The molecule has 0 aromatic heterocycles. The number of ether oxygens (including phenoxy) is 2. The van der Waals surface area contributed by atoms with E-state index in [1.165, 1.54) is 0 Å². The largest absolute Gasteiger partial charge is 0.496 e. The van der Waals surface area contributed by atoms with Crippen LogP contribution in [-0.4, -0.2) is 63.4 Å². The highest BCUT2D eigenvalue weighted by atomic mass is 16.5. The van der Waals surface area contributed by atoms with Crippen LogP contribution in [-0.2, 0) is 11.3 Å². The van der Waals surface area contributed by atoms with Gasteiger partial charge in [0, 0.05) is 44.3 Å². The van der Waals surface area contributed by atoms with Crippen LogP contribution in [0.4, 0.5) is 0 Å². The maximum Gasteiger partial charge on any atom is 0.191 e. The number of benzene rings is 1. The fourth-order valence-corrected chi connectivity index (χ4v) is 3.00. The Morgan fingerprint density at radius 3 is 2.92 bits per heavy atom. The smallest absolute Gasteiger partial charge is 0.191 e. The van der Waals surface area contributed by atoms with Gasteiger partial charge in [0.2, 0.25) is 0 Å². The van der Waals surface area contributed by atoms with Gasteiger partial charge >= 0.3 is 0 Å². The van der Waals surface area contributed by atoms with Crippen molar-refractivity contribution in [3.05, 3.63) is 29.8 Å². The zero-order chi connectivity index (χ0) is 17.4. The number of para-hydroxylation sites is 1. The molecule has 0 bridgehead atoms. The number of morpholine rings is 1. The third kappa shape index (κ3) is 5.11. The van der Waals surface area contributed by atoms with E-state index in [0.29, 0.717) is 18.6 Å². The molecule has 2 N–H and O–H groups in total. The molecule has 2 atom stereocenters. The maximum absolute atomic E-state index is 5.51. The van der Waals surface area contributed by atoms with E-state index in [2.05, 4.69) is 40.4 Å². The molecule has 6 heteroatoms. The number of nitrogens with zero attached hydrogens (tertiary/aromatic N) is 2. The predicted molar refractivity (Wildman–Crippen MR) is 97.6 cm³/mol. The van der Waals surface area contributed by atoms with Gasteiger partial charge in [0.15, 0.2) is 5.96 Å². The highest BCUT2D eigenvalue weighted by Crippen LogP contribution is 2.16. The first-order valence-corrected chi connectivity index (χ1v) is 8.55. The third-order valence-corrected chi connectivity index (χ3v) is 4.41. The maximum atomic E-state index is 5.51. The summed E-state index contributed by atoms with van der Waals surface area (Å²) in [5.41, 5.74) is 1.11. The Morgan fingerprint density at radius 1 is 1.42 bits per heavy atom. The zero-order valence-corrected chi connectivity index (χ0v) is 15.2. The minimum absolute atomic E-state index is 0.425. The highest BCUT2D eigenvalue weighted by molar-refractivity contribution is 5.79. The van der Waals surface area contributed by atoms with Crippen molar-refractivity contribution >= 4 is 5.96 Å². The molecule has 1 aromatic carbocycles. The van der Waals surface area contributed by atoms with E-state index in [1.54, 1.807) is 14.2 Å². The Morgan fingerprint density at radius 2 is 2.21 bits per heavy atom. The molecule has 134 valence electrons. The third-order valence-electron chi connectivity index (χ3n) is 4.41. The lowest BCUT2D eigenvalue weighted by Crippen LogP contribution is -2.52. The van der Waals surface area contributed by atoms with Crippen molar-refractivity contribution in [3.63, 3.8) is 0 Å². The second-order valence-corrected chi connectivity index (χ2v) is 6.13. The molecule has 1 aromatic rings. The molecule has 0 aliphatic carbocycles. The van der Waals surface area contributed by atoms with Crippen LogP contribution in [0.2, 0.25) is 0 Å². The van der Waals surface area contributed by atoms with Crippen molar-refractivity contribution in [2.75, 3.05) is 40.5 Å². The fraction of sp³-hybridized carbons (Fsp3) is 0.611. The molecule has 0 amide bonds. The minimum atomic E-state index is 0.425. The van der Waals surface area contributed by atoms with Crippen LogP contribution >= 0.6 is 0 Å². The molecule has 0 saturated carbocycles. The van der Waals surface area contributed by atoms with Gasteiger partial charge in [0.05, 0.1) is 20.3 Å². The molecule has 1 aliphatic rings. The molecule has 2 unspecified atom stereocenters. The molecule has 1 heterocycles. The first-order chi connectivity index (χ1) is 11.7. The lowest BCUT2D eigenvalue weighted by atomic mass is 10.2. The quantitative estimate of drug-likeness (QED) is 0.609. The van der Waals surface area contributed by atoms with E-state index in [0.717, 1.165) is 43.6 Å². The summed E-state index contributed by atoms with van der Waals surface area (Å²) in [6.07, 6.45) is 0. The van der Waals surface area contributed by atoms with Gasteiger partial charge in [0.25, 0.3) is 0 Å². The summed E-state index contributed by atoms with van der Waals surface area (Å²) in [5.74, 6) is 1.68. The van der Waals surface area contributed by atoms with Gasteiger partial charge in [0.1, 0.15) is 5.75 Å². The standard InChI is InChI=1S/C18H30N4O2/c1-14(22-9-10-24-13-15(22)2)11-20-18(19-3)21-12-16-7-5-6-8-17(16)23-4/h5-8,14-15H,9-13H2,1-4H3,(H2,19,20,21). The first kappa shape index (κ1) is 18.5. The van der Waals surface area contributed by atoms with E-state index < -0.39 is 0 Å². The summed E-state index contributed by atoms with van der Waals surface area (Å²) in [6, 6.07) is 8.89. The number of hydrogen-bond acceptors (Lipinski definition) is 4. The lowest BCUT2D eigenvalue weighted by molar-refractivity contribution is -0.0174. The van der Waals surface area contributed by atoms with Crippen molar-refractivity contribution in [3.8, 4) is 5.75 Å². The molecule has 2 rings (SSSR count). The van der Waals surface area contributed by atoms with Crippen molar-refractivity contribution in [1.29, 1.82) is 0 Å². The molecular formula is C18H30N4O2. The van der Waals surface area contributed by atoms with Gasteiger partial charge < -0.3 is 20.1 Å². The van der Waals surface area contributed by atoms with Gasteiger partial charge in [-0.05, 0) is 19.9 Å². The number of aliphatic imine (C=N–C) groups is 1. The van der Waals surface area contributed by atoms with Crippen LogP contribution in [0.5, 0.6) is 5.75 Å².